The van der Waals surface area contributed by atoms with Gasteiger partial charge in [0.25, 0.3) is 0 Å². The number of carbonyl (C=O) groups excluding carboxylic acids is 1. The molecule has 2 rings (SSSR count). The molecule has 1 aliphatic rings. The highest BCUT2D eigenvalue weighted by Crippen LogP contribution is 2.37. The highest BCUT2D eigenvalue weighted by Gasteiger charge is 2.43. The lowest BCUT2D eigenvalue weighted by Crippen LogP contribution is -2.37. The topological polar surface area (TPSA) is 33.2 Å². The molecule has 0 saturated carbocycles. The van der Waals surface area contributed by atoms with Crippen molar-refractivity contribution in [3.63, 3.8) is 0 Å². The molecule has 3 heteroatoms. The Kier molecular flexibility index (Phi) is 2.94. The van der Waals surface area contributed by atoms with Gasteiger partial charge in [-0.15, -0.1) is 0 Å². The van der Waals surface area contributed by atoms with Crippen molar-refractivity contribution in [2.24, 2.45) is 0 Å². The number of likely N-dealkylation sites (tertiary alicyclic amines) is 1. The third-order valence-corrected chi connectivity index (χ3v) is 3.85. The average Bonchev–Trinajstić information content (AvgIpc) is 2.53. The third kappa shape index (κ3) is 2.06. The quantitative estimate of drug-likeness (QED) is 0.784. The summed E-state index contributed by atoms with van der Waals surface area (Å²) in [5, 5.41) is 0. The Labute approximate surface area is 103 Å². The van der Waals surface area contributed by atoms with Gasteiger partial charge in [-0.3, -0.25) is 9.78 Å². The van der Waals surface area contributed by atoms with E-state index in [4.69, 9.17) is 0 Å². The van der Waals surface area contributed by atoms with Gasteiger partial charge in [-0.25, -0.2) is 0 Å². The molecular weight excluding hydrogens is 212 g/mol. The number of carbonyl (C=O) groups is 1. The molecule has 1 amide bonds. The predicted octanol–water partition coefficient (Wildman–Crippen LogP) is 2.37. The molecule has 0 radical (unpaired) electrons. The summed E-state index contributed by atoms with van der Waals surface area (Å²) in [6, 6.07) is 4.07. The van der Waals surface area contributed by atoms with Gasteiger partial charge >= 0.3 is 0 Å². The largest absolute Gasteiger partial charge is 0.340 e. The van der Waals surface area contributed by atoms with Gasteiger partial charge in [-0.2, -0.15) is 0 Å². The second-order valence-electron chi connectivity index (χ2n) is 5.41. The number of hydrogen-bond donors (Lipinski definition) is 0. The van der Waals surface area contributed by atoms with Gasteiger partial charge in [0, 0.05) is 18.8 Å². The van der Waals surface area contributed by atoms with Crippen LogP contribution >= 0.6 is 0 Å². The van der Waals surface area contributed by atoms with Crippen LogP contribution in [0.3, 0.4) is 0 Å². The van der Waals surface area contributed by atoms with Crippen molar-refractivity contribution in [3.05, 3.63) is 29.6 Å². The normalized spacial score (nSPS) is 23.2. The fourth-order valence-corrected chi connectivity index (χ4v) is 2.34. The second-order valence-corrected chi connectivity index (χ2v) is 5.41. The van der Waals surface area contributed by atoms with Crippen molar-refractivity contribution >= 4 is 5.91 Å². The Morgan fingerprint density at radius 2 is 2.18 bits per heavy atom. The fourth-order valence-electron chi connectivity index (χ4n) is 2.34. The minimum absolute atomic E-state index is 0.0626. The SMILES string of the molecule is CCc1ccc(C2CC(C)(C)N(C)C2=O)nc1. The van der Waals surface area contributed by atoms with Gasteiger partial charge in [0.1, 0.15) is 0 Å². The average molecular weight is 232 g/mol. The standard InChI is InChI=1S/C14H20N2O/c1-5-10-6-7-12(15-9-10)11-8-14(2,3)16(4)13(11)17/h6-7,9,11H,5,8H2,1-4H3. The van der Waals surface area contributed by atoms with Gasteiger partial charge < -0.3 is 4.90 Å². The number of aromatic nitrogens is 1. The molecule has 1 aromatic rings. The molecule has 92 valence electrons. The minimum atomic E-state index is -0.0686. The zero-order chi connectivity index (χ0) is 12.6. The van der Waals surface area contributed by atoms with E-state index >= 15 is 0 Å². The summed E-state index contributed by atoms with van der Waals surface area (Å²) in [4.78, 5) is 18.4. The van der Waals surface area contributed by atoms with E-state index < -0.39 is 0 Å². The van der Waals surface area contributed by atoms with Gasteiger partial charge in [0.2, 0.25) is 5.91 Å². The van der Waals surface area contributed by atoms with Gasteiger partial charge in [-0.1, -0.05) is 13.0 Å². The van der Waals surface area contributed by atoms with Crippen LogP contribution in [0.2, 0.25) is 0 Å². The maximum Gasteiger partial charge on any atom is 0.231 e. The first-order valence-corrected chi connectivity index (χ1v) is 6.18. The Morgan fingerprint density at radius 1 is 1.47 bits per heavy atom. The molecule has 2 heterocycles. The van der Waals surface area contributed by atoms with Gasteiger partial charge in [0.05, 0.1) is 11.6 Å². The van der Waals surface area contributed by atoms with Crippen LogP contribution in [0.1, 0.15) is 44.4 Å². The molecule has 0 bridgehead atoms. The van der Waals surface area contributed by atoms with Crippen molar-refractivity contribution in [2.45, 2.75) is 45.1 Å². The molecule has 1 aliphatic heterocycles. The zero-order valence-electron chi connectivity index (χ0n) is 11.0. The Morgan fingerprint density at radius 3 is 2.59 bits per heavy atom. The van der Waals surface area contributed by atoms with E-state index in [1.165, 1.54) is 5.56 Å². The van der Waals surface area contributed by atoms with Crippen molar-refractivity contribution in [1.82, 2.24) is 9.88 Å². The monoisotopic (exact) mass is 232 g/mol. The lowest BCUT2D eigenvalue weighted by molar-refractivity contribution is -0.130. The van der Waals surface area contributed by atoms with Gasteiger partial charge in [-0.05, 0) is 38.3 Å². The van der Waals surface area contributed by atoms with Crippen LogP contribution in [0.5, 0.6) is 0 Å². The smallest absolute Gasteiger partial charge is 0.231 e. The first kappa shape index (κ1) is 12.1. The summed E-state index contributed by atoms with van der Waals surface area (Å²) < 4.78 is 0. The molecule has 3 nitrogen and oxygen atoms in total. The molecule has 0 N–H and O–H groups in total. The van der Waals surface area contributed by atoms with Crippen LogP contribution < -0.4 is 0 Å². The van der Waals surface area contributed by atoms with E-state index in [0.717, 1.165) is 18.5 Å². The van der Waals surface area contributed by atoms with Crippen molar-refractivity contribution in [1.29, 1.82) is 0 Å². The summed E-state index contributed by atoms with van der Waals surface area (Å²) in [7, 11) is 1.88. The van der Waals surface area contributed by atoms with E-state index in [2.05, 4.69) is 31.8 Å². The van der Waals surface area contributed by atoms with E-state index in [1.807, 2.05) is 24.2 Å². The number of aryl methyl sites for hydroxylation is 1. The summed E-state index contributed by atoms with van der Waals surface area (Å²) >= 11 is 0. The summed E-state index contributed by atoms with van der Waals surface area (Å²) in [6.07, 6.45) is 3.71. The molecule has 1 fully saturated rings. The second kappa shape index (κ2) is 4.13. The zero-order valence-corrected chi connectivity index (χ0v) is 11.0. The predicted molar refractivity (Wildman–Crippen MR) is 67.8 cm³/mol. The molecule has 0 aliphatic carbocycles. The van der Waals surface area contributed by atoms with Crippen LogP contribution in [0.25, 0.3) is 0 Å². The van der Waals surface area contributed by atoms with E-state index in [9.17, 15) is 4.79 Å². The first-order chi connectivity index (χ1) is 7.95. The number of amides is 1. The lowest BCUT2D eigenvalue weighted by atomic mass is 9.93. The van der Waals surface area contributed by atoms with Crippen LogP contribution in [0.15, 0.2) is 18.3 Å². The first-order valence-electron chi connectivity index (χ1n) is 6.18. The number of nitrogens with zero attached hydrogens (tertiary/aromatic N) is 2. The Bertz CT molecular complexity index is 422. The van der Waals surface area contributed by atoms with Crippen molar-refractivity contribution < 1.29 is 4.79 Å². The van der Waals surface area contributed by atoms with Crippen LogP contribution in [0, 0.1) is 0 Å². The van der Waals surface area contributed by atoms with Crippen LogP contribution in [-0.4, -0.2) is 28.4 Å². The number of rotatable bonds is 2. The molecule has 0 spiro atoms. The van der Waals surface area contributed by atoms with Crippen molar-refractivity contribution in [3.8, 4) is 0 Å². The highest BCUT2D eigenvalue weighted by molar-refractivity contribution is 5.86. The lowest BCUT2D eigenvalue weighted by Gasteiger charge is -2.26. The minimum Gasteiger partial charge on any atom is -0.340 e. The molecule has 17 heavy (non-hydrogen) atoms. The molecule has 1 atom stereocenters. The number of hydrogen-bond acceptors (Lipinski definition) is 2. The van der Waals surface area contributed by atoms with E-state index in [-0.39, 0.29) is 17.4 Å². The van der Waals surface area contributed by atoms with Crippen LogP contribution in [-0.2, 0) is 11.2 Å². The maximum atomic E-state index is 12.2. The summed E-state index contributed by atoms with van der Waals surface area (Å²) in [6.45, 7) is 6.31. The summed E-state index contributed by atoms with van der Waals surface area (Å²) in [5.74, 6) is 0.118. The molecule has 1 unspecified atom stereocenters. The third-order valence-electron chi connectivity index (χ3n) is 3.85. The maximum absolute atomic E-state index is 12.2. The molecular formula is C14H20N2O. The molecule has 1 saturated heterocycles. The van der Waals surface area contributed by atoms with E-state index in [0.29, 0.717) is 0 Å². The fraction of sp³-hybridized carbons (Fsp3) is 0.571. The number of pyridine rings is 1. The van der Waals surface area contributed by atoms with Crippen LogP contribution in [0.4, 0.5) is 0 Å². The van der Waals surface area contributed by atoms with E-state index in [1.54, 1.807) is 0 Å². The Balaban J connectivity index is 2.26. The number of likely N-dealkylation sites (N-methyl/N-ethyl adjacent to an activating group) is 1. The Hall–Kier alpha value is -1.38. The highest BCUT2D eigenvalue weighted by atomic mass is 16.2. The van der Waals surface area contributed by atoms with Crippen molar-refractivity contribution in [2.75, 3.05) is 7.05 Å². The summed E-state index contributed by atoms with van der Waals surface area (Å²) in [5.41, 5.74) is 2.06. The molecule has 1 aromatic heterocycles. The molecule has 0 aromatic carbocycles. The van der Waals surface area contributed by atoms with Gasteiger partial charge in [0.15, 0.2) is 0 Å².